The first-order chi connectivity index (χ1) is 9.81. The van der Waals surface area contributed by atoms with E-state index in [4.69, 9.17) is 17.2 Å². The van der Waals surface area contributed by atoms with E-state index in [2.05, 4.69) is 0 Å². The van der Waals surface area contributed by atoms with Gasteiger partial charge in [0.15, 0.2) is 0 Å². The minimum atomic E-state index is -0.855. The van der Waals surface area contributed by atoms with Gasteiger partial charge in [0, 0.05) is 22.8 Å². The minimum absolute atomic E-state index is 0.0322. The van der Waals surface area contributed by atoms with E-state index in [1.807, 2.05) is 0 Å². The molecule has 0 aromatic heterocycles. The summed E-state index contributed by atoms with van der Waals surface area (Å²) in [6.07, 6.45) is 0. The Kier molecular flexibility index (Phi) is 3.58. The zero-order valence-electron chi connectivity index (χ0n) is 10.7. The molecule has 0 spiro atoms. The largest absolute Gasteiger partial charge is 0.396 e. The lowest BCUT2D eigenvalue weighted by Gasteiger charge is -2.11. The Bertz CT molecular complexity index is 760. The fourth-order valence-corrected chi connectivity index (χ4v) is 1.90. The Morgan fingerprint density at radius 1 is 0.857 bits per heavy atom. The van der Waals surface area contributed by atoms with Gasteiger partial charge in [-0.2, -0.15) is 0 Å². The highest BCUT2D eigenvalue weighted by molar-refractivity contribution is 6.02. The standard InChI is InChI=1S/C14H11F2N3O2/c15-10-5-12(17)11(16)4-9(10)8-3-6(13(18)20)1-2-7(8)14(19)21/h1-5H,17H2,(H2,18,20)(H2,19,21). The van der Waals surface area contributed by atoms with Gasteiger partial charge in [-0.1, -0.05) is 0 Å². The number of hydrogen-bond donors (Lipinski definition) is 3. The first-order valence-corrected chi connectivity index (χ1v) is 5.79. The van der Waals surface area contributed by atoms with E-state index in [0.717, 1.165) is 12.1 Å². The number of anilines is 1. The van der Waals surface area contributed by atoms with Crippen LogP contribution >= 0.6 is 0 Å². The summed E-state index contributed by atoms with van der Waals surface area (Å²) in [4.78, 5) is 22.6. The monoisotopic (exact) mass is 291 g/mol. The van der Waals surface area contributed by atoms with Gasteiger partial charge in [-0.3, -0.25) is 9.59 Å². The zero-order chi connectivity index (χ0) is 15.7. The van der Waals surface area contributed by atoms with Crippen LogP contribution in [0.25, 0.3) is 11.1 Å². The fraction of sp³-hybridized carbons (Fsp3) is 0. The van der Waals surface area contributed by atoms with Gasteiger partial charge in [0.05, 0.1) is 5.69 Å². The third-order valence-corrected chi connectivity index (χ3v) is 2.95. The van der Waals surface area contributed by atoms with E-state index in [1.165, 1.54) is 18.2 Å². The van der Waals surface area contributed by atoms with Crippen LogP contribution in [0.15, 0.2) is 30.3 Å². The summed E-state index contributed by atoms with van der Waals surface area (Å²) in [6.45, 7) is 0. The number of primary amides is 2. The molecule has 0 aliphatic heterocycles. The first-order valence-electron chi connectivity index (χ1n) is 5.79. The van der Waals surface area contributed by atoms with Crippen molar-refractivity contribution in [1.29, 1.82) is 0 Å². The Labute approximate surface area is 118 Å². The summed E-state index contributed by atoms with van der Waals surface area (Å²) in [6, 6.07) is 5.29. The maximum atomic E-state index is 14.0. The second-order valence-electron chi connectivity index (χ2n) is 4.34. The molecule has 2 amide bonds. The summed E-state index contributed by atoms with van der Waals surface area (Å²) in [5.41, 5.74) is 14.9. The molecule has 21 heavy (non-hydrogen) atoms. The maximum absolute atomic E-state index is 14.0. The van der Waals surface area contributed by atoms with Gasteiger partial charge >= 0.3 is 0 Å². The van der Waals surface area contributed by atoms with Gasteiger partial charge in [-0.25, -0.2) is 8.78 Å². The Balaban J connectivity index is 2.77. The molecule has 0 saturated heterocycles. The van der Waals surface area contributed by atoms with E-state index < -0.39 is 23.4 Å². The summed E-state index contributed by atoms with van der Waals surface area (Å²) in [5.74, 6) is -3.33. The molecule has 5 nitrogen and oxygen atoms in total. The van der Waals surface area contributed by atoms with Crippen LogP contribution in [-0.4, -0.2) is 11.8 Å². The zero-order valence-corrected chi connectivity index (χ0v) is 10.7. The van der Waals surface area contributed by atoms with Crippen LogP contribution in [0.1, 0.15) is 20.7 Å². The molecule has 0 saturated carbocycles. The maximum Gasteiger partial charge on any atom is 0.249 e. The Morgan fingerprint density at radius 3 is 2.10 bits per heavy atom. The number of nitrogen functional groups attached to an aromatic ring is 1. The van der Waals surface area contributed by atoms with E-state index >= 15 is 0 Å². The van der Waals surface area contributed by atoms with E-state index in [9.17, 15) is 18.4 Å². The van der Waals surface area contributed by atoms with Crippen LogP contribution in [-0.2, 0) is 0 Å². The predicted molar refractivity (Wildman–Crippen MR) is 73.2 cm³/mol. The third kappa shape index (κ3) is 2.66. The van der Waals surface area contributed by atoms with Gasteiger partial charge < -0.3 is 17.2 Å². The number of benzene rings is 2. The van der Waals surface area contributed by atoms with Crippen molar-refractivity contribution in [2.45, 2.75) is 0 Å². The topological polar surface area (TPSA) is 112 Å². The second kappa shape index (κ2) is 5.20. The van der Waals surface area contributed by atoms with Crippen LogP contribution in [0.3, 0.4) is 0 Å². The molecule has 0 atom stereocenters. The van der Waals surface area contributed by atoms with Crippen LogP contribution in [0.4, 0.5) is 14.5 Å². The van der Waals surface area contributed by atoms with Crippen molar-refractivity contribution < 1.29 is 18.4 Å². The molecule has 2 aromatic carbocycles. The number of carbonyl (C=O) groups is 2. The molecular formula is C14H11F2N3O2. The smallest absolute Gasteiger partial charge is 0.249 e. The van der Waals surface area contributed by atoms with Crippen LogP contribution in [0.5, 0.6) is 0 Å². The lowest BCUT2D eigenvalue weighted by molar-refractivity contribution is 0.0988. The van der Waals surface area contributed by atoms with Crippen molar-refractivity contribution >= 4 is 17.5 Å². The Hall–Kier alpha value is -2.96. The van der Waals surface area contributed by atoms with Crippen molar-refractivity contribution in [3.8, 4) is 11.1 Å². The predicted octanol–water partition coefficient (Wildman–Crippen LogP) is 1.41. The molecule has 6 N–H and O–H groups in total. The highest BCUT2D eigenvalue weighted by Gasteiger charge is 2.17. The van der Waals surface area contributed by atoms with Crippen LogP contribution < -0.4 is 17.2 Å². The third-order valence-electron chi connectivity index (χ3n) is 2.95. The summed E-state index contributed by atoms with van der Waals surface area (Å²) >= 11 is 0. The Morgan fingerprint density at radius 2 is 1.52 bits per heavy atom. The SMILES string of the molecule is NC(=O)c1ccc(C(N)=O)c(-c2cc(F)c(N)cc2F)c1. The molecule has 0 aliphatic rings. The molecule has 0 heterocycles. The molecule has 0 bridgehead atoms. The minimum Gasteiger partial charge on any atom is -0.396 e. The molecule has 2 aromatic rings. The molecule has 0 fully saturated rings. The summed E-state index contributed by atoms with van der Waals surface area (Å²) in [7, 11) is 0. The second-order valence-corrected chi connectivity index (χ2v) is 4.34. The van der Waals surface area contributed by atoms with E-state index in [-0.39, 0.29) is 27.9 Å². The molecule has 0 radical (unpaired) electrons. The molecule has 108 valence electrons. The quantitative estimate of drug-likeness (QED) is 0.743. The van der Waals surface area contributed by atoms with Crippen molar-refractivity contribution in [3.63, 3.8) is 0 Å². The number of rotatable bonds is 3. The summed E-state index contributed by atoms with van der Waals surface area (Å²) in [5, 5.41) is 0. The van der Waals surface area contributed by atoms with E-state index in [0.29, 0.717) is 0 Å². The lowest BCUT2D eigenvalue weighted by Crippen LogP contribution is -2.15. The average molecular weight is 291 g/mol. The first kappa shape index (κ1) is 14.4. The number of nitrogens with two attached hydrogens (primary N) is 3. The van der Waals surface area contributed by atoms with Gasteiger partial charge in [0.1, 0.15) is 11.6 Å². The average Bonchev–Trinajstić information content (AvgIpc) is 2.42. The van der Waals surface area contributed by atoms with Gasteiger partial charge in [0.25, 0.3) is 0 Å². The van der Waals surface area contributed by atoms with Crippen molar-refractivity contribution in [2.75, 3.05) is 5.73 Å². The lowest BCUT2D eigenvalue weighted by atomic mass is 9.96. The fourth-order valence-electron chi connectivity index (χ4n) is 1.90. The number of amides is 2. The van der Waals surface area contributed by atoms with Crippen LogP contribution in [0.2, 0.25) is 0 Å². The summed E-state index contributed by atoms with van der Waals surface area (Å²) < 4.78 is 27.5. The number of carbonyl (C=O) groups excluding carboxylic acids is 2. The van der Waals surface area contributed by atoms with Gasteiger partial charge in [-0.15, -0.1) is 0 Å². The van der Waals surface area contributed by atoms with Crippen LogP contribution in [0, 0.1) is 11.6 Å². The molecule has 0 aliphatic carbocycles. The van der Waals surface area contributed by atoms with Crippen molar-refractivity contribution in [1.82, 2.24) is 0 Å². The van der Waals surface area contributed by atoms with Gasteiger partial charge in [0.2, 0.25) is 11.8 Å². The molecule has 0 unspecified atom stereocenters. The van der Waals surface area contributed by atoms with Crippen molar-refractivity contribution in [2.24, 2.45) is 11.5 Å². The normalized spacial score (nSPS) is 10.4. The number of hydrogen-bond acceptors (Lipinski definition) is 3. The molecular weight excluding hydrogens is 280 g/mol. The highest BCUT2D eigenvalue weighted by Crippen LogP contribution is 2.30. The van der Waals surface area contributed by atoms with E-state index in [1.54, 1.807) is 0 Å². The highest BCUT2D eigenvalue weighted by atomic mass is 19.1. The molecule has 7 heteroatoms. The van der Waals surface area contributed by atoms with Gasteiger partial charge in [-0.05, 0) is 29.8 Å². The number of halogens is 2. The van der Waals surface area contributed by atoms with Crippen molar-refractivity contribution in [3.05, 3.63) is 53.1 Å². The molecule has 2 rings (SSSR count).